The number of benzene rings is 2. The lowest BCUT2D eigenvalue weighted by Crippen LogP contribution is -2.53. The van der Waals surface area contributed by atoms with Gasteiger partial charge in [-0.2, -0.15) is 0 Å². The zero-order valence-electron chi connectivity index (χ0n) is 16.8. The van der Waals surface area contributed by atoms with E-state index in [1.54, 1.807) is 30.3 Å². The van der Waals surface area contributed by atoms with E-state index in [9.17, 15) is 18.8 Å². The fourth-order valence-corrected chi connectivity index (χ4v) is 3.86. The van der Waals surface area contributed by atoms with E-state index in [0.29, 0.717) is 35.9 Å². The standard InChI is InChI=1S/C22H21ClFN3O4/c1-12-2-3-13(8-18(12)23)25-22(30)31-15-10-27(11-15)14-4-5-16(19(24)9-14)17-6-7-20(28)26-21(17)29/h2-5,8-9,15,17H,6-7,10-11H2,1H3,(H,25,30)(H,26,28,29). The minimum absolute atomic E-state index is 0.194. The van der Waals surface area contributed by atoms with Crippen LogP contribution in [0.15, 0.2) is 36.4 Å². The minimum atomic E-state index is -0.668. The second-order valence-electron chi connectivity index (χ2n) is 7.73. The van der Waals surface area contributed by atoms with Crippen LogP contribution in [0.25, 0.3) is 0 Å². The Morgan fingerprint density at radius 1 is 1.23 bits per heavy atom. The van der Waals surface area contributed by atoms with Crippen LogP contribution in [0.5, 0.6) is 0 Å². The zero-order chi connectivity index (χ0) is 22.1. The third-order valence-corrected chi connectivity index (χ3v) is 5.91. The molecular weight excluding hydrogens is 425 g/mol. The van der Waals surface area contributed by atoms with Gasteiger partial charge in [0.05, 0.1) is 19.0 Å². The van der Waals surface area contributed by atoms with E-state index >= 15 is 0 Å². The molecule has 0 saturated carbocycles. The molecule has 162 valence electrons. The number of nitrogens with one attached hydrogen (secondary N) is 2. The summed E-state index contributed by atoms with van der Waals surface area (Å²) in [5.41, 5.74) is 2.37. The molecule has 31 heavy (non-hydrogen) atoms. The normalized spacial score (nSPS) is 18.9. The smallest absolute Gasteiger partial charge is 0.412 e. The topological polar surface area (TPSA) is 87.7 Å². The maximum Gasteiger partial charge on any atom is 0.412 e. The number of aryl methyl sites for hydroxylation is 1. The van der Waals surface area contributed by atoms with Gasteiger partial charge in [-0.25, -0.2) is 9.18 Å². The van der Waals surface area contributed by atoms with E-state index < -0.39 is 23.7 Å². The number of anilines is 2. The Morgan fingerprint density at radius 3 is 2.68 bits per heavy atom. The molecule has 1 atom stereocenters. The quantitative estimate of drug-likeness (QED) is 0.700. The summed E-state index contributed by atoms with van der Waals surface area (Å²) >= 11 is 6.05. The number of ether oxygens (including phenoxy) is 1. The first-order valence-electron chi connectivity index (χ1n) is 9.92. The van der Waals surface area contributed by atoms with Crippen LogP contribution in [0.1, 0.15) is 29.9 Å². The highest BCUT2D eigenvalue weighted by Gasteiger charge is 2.33. The highest BCUT2D eigenvalue weighted by Crippen LogP contribution is 2.31. The molecule has 1 unspecified atom stereocenters. The van der Waals surface area contributed by atoms with Gasteiger partial charge >= 0.3 is 6.09 Å². The van der Waals surface area contributed by atoms with Gasteiger partial charge in [-0.15, -0.1) is 0 Å². The Hall–Kier alpha value is -3.13. The van der Waals surface area contributed by atoms with Crippen LogP contribution in [0.2, 0.25) is 5.02 Å². The number of hydrogen-bond acceptors (Lipinski definition) is 5. The Bertz CT molecular complexity index is 1060. The van der Waals surface area contributed by atoms with Gasteiger partial charge in [0.1, 0.15) is 11.9 Å². The molecule has 3 amide bonds. The summed E-state index contributed by atoms with van der Waals surface area (Å²) in [7, 11) is 0. The van der Waals surface area contributed by atoms with E-state index in [0.717, 1.165) is 5.56 Å². The molecule has 2 saturated heterocycles. The molecular formula is C22H21ClFN3O4. The maximum atomic E-state index is 14.6. The van der Waals surface area contributed by atoms with Crippen LogP contribution in [0.4, 0.5) is 20.6 Å². The molecule has 4 rings (SSSR count). The summed E-state index contributed by atoms with van der Waals surface area (Å²) in [6.07, 6.45) is -0.413. The highest BCUT2D eigenvalue weighted by molar-refractivity contribution is 6.31. The number of hydrogen-bond donors (Lipinski definition) is 2. The SMILES string of the molecule is Cc1ccc(NC(=O)OC2CN(c3ccc(C4CCC(=O)NC4=O)c(F)c3)C2)cc1Cl. The van der Waals surface area contributed by atoms with Gasteiger partial charge in [-0.1, -0.05) is 23.7 Å². The Morgan fingerprint density at radius 2 is 2.00 bits per heavy atom. The van der Waals surface area contributed by atoms with E-state index in [1.807, 2.05) is 11.8 Å². The summed E-state index contributed by atoms with van der Waals surface area (Å²) in [5, 5.41) is 5.43. The van der Waals surface area contributed by atoms with Crippen LogP contribution < -0.4 is 15.5 Å². The number of amides is 3. The minimum Gasteiger partial charge on any atom is -0.442 e. The van der Waals surface area contributed by atoms with Crippen molar-refractivity contribution in [3.8, 4) is 0 Å². The molecule has 9 heteroatoms. The van der Waals surface area contributed by atoms with Crippen LogP contribution in [-0.4, -0.2) is 37.1 Å². The van der Waals surface area contributed by atoms with Crippen LogP contribution in [0, 0.1) is 12.7 Å². The van der Waals surface area contributed by atoms with Gasteiger partial charge in [-0.05, 0) is 43.2 Å². The van der Waals surface area contributed by atoms with Crippen molar-refractivity contribution in [1.29, 1.82) is 0 Å². The third-order valence-electron chi connectivity index (χ3n) is 5.50. The Labute approximate surface area is 183 Å². The predicted octanol–water partition coefficient (Wildman–Crippen LogP) is 3.75. The van der Waals surface area contributed by atoms with E-state index in [-0.39, 0.29) is 24.0 Å². The Kier molecular flexibility index (Phi) is 5.82. The fourth-order valence-electron chi connectivity index (χ4n) is 3.68. The number of nitrogens with zero attached hydrogens (tertiary/aromatic N) is 1. The number of piperidine rings is 1. The molecule has 2 N–H and O–H groups in total. The van der Waals surface area contributed by atoms with Crippen LogP contribution in [-0.2, 0) is 14.3 Å². The van der Waals surface area contributed by atoms with E-state index in [1.165, 1.54) is 6.07 Å². The number of rotatable bonds is 4. The molecule has 2 aromatic carbocycles. The van der Waals surface area contributed by atoms with Gasteiger partial charge in [0, 0.05) is 28.4 Å². The molecule has 0 aliphatic carbocycles. The molecule has 2 aliphatic heterocycles. The first kappa shape index (κ1) is 21.1. The summed E-state index contributed by atoms with van der Waals surface area (Å²) in [5.74, 6) is -1.97. The summed E-state index contributed by atoms with van der Waals surface area (Å²) < 4.78 is 20.0. The monoisotopic (exact) mass is 445 g/mol. The average molecular weight is 446 g/mol. The first-order valence-corrected chi connectivity index (χ1v) is 10.3. The van der Waals surface area contributed by atoms with Crippen LogP contribution in [0.3, 0.4) is 0 Å². The lowest BCUT2D eigenvalue weighted by molar-refractivity contribution is -0.134. The number of imide groups is 1. The van der Waals surface area contributed by atoms with Crippen molar-refractivity contribution in [2.45, 2.75) is 31.8 Å². The fraction of sp³-hybridized carbons (Fsp3) is 0.318. The van der Waals surface area contributed by atoms with Crippen molar-refractivity contribution in [2.24, 2.45) is 0 Å². The number of carbonyl (C=O) groups is 3. The van der Waals surface area contributed by atoms with Gasteiger partial charge in [0.2, 0.25) is 11.8 Å². The predicted molar refractivity (Wildman–Crippen MR) is 114 cm³/mol. The highest BCUT2D eigenvalue weighted by atomic mass is 35.5. The molecule has 7 nitrogen and oxygen atoms in total. The number of halogens is 2. The lowest BCUT2D eigenvalue weighted by Gasteiger charge is -2.40. The number of carbonyl (C=O) groups excluding carboxylic acids is 3. The second-order valence-corrected chi connectivity index (χ2v) is 8.14. The van der Waals surface area contributed by atoms with Crippen molar-refractivity contribution in [3.63, 3.8) is 0 Å². The molecule has 0 bridgehead atoms. The van der Waals surface area contributed by atoms with Crippen LogP contribution >= 0.6 is 11.6 Å². The maximum absolute atomic E-state index is 14.6. The summed E-state index contributed by atoms with van der Waals surface area (Å²) in [4.78, 5) is 37.2. The van der Waals surface area contributed by atoms with Crippen molar-refractivity contribution in [3.05, 3.63) is 58.4 Å². The molecule has 2 heterocycles. The van der Waals surface area contributed by atoms with Crippen molar-refractivity contribution >= 4 is 40.9 Å². The largest absolute Gasteiger partial charge is 0.442 e. The van der Waals surface area contributed by atoms with Gasteiger partial charge in [0.15, 0.2) is 0 Å². The van der Waals surface area contributed by atoms with Crippen molar-refractivity contribution in [1.82, 2.24) is 5.32 Å². The van der Waals surface area contributed by atoms with E-state index in [4.69, 9.17) is 16.3 Å². The Balaban J connectivity index is 1.31. The molecule has 0 spiro atoms. The lowest BCUT2D eigenvalue weighted by atomic mass is 9.90. The van der Waals surface area contributed by atoms with Gasteiger partial charge in [0.25, 0.3) is 0 Å². The van der Waals surface area contributed by atoms with Gasteiger partial charge in [-0.3, -0.25) is 20.2 Å². The zero-order valence-corrected chi connectivity index (χ0v) is 17.5. The molecule has 0 aromatic heterocycles. The molecule has 2 aliphatic rings. The first-order chi connectivity index (χ1) is 14.8. The molecule has 0 radical (unpaired) electrons. The average Bonchev–Trinajstić information content (AvgIpc) is 2.68. The summed E-state index contributed by atoms with van der Waals surface area (Å²) in [6, 6.07) is 9.86. The summed E-state index contributed by atoms with van der Waals surface area (Å²) in [6.45, 7) is 2.73. The van der Waals surface area contributed by atoms with E-state index in [2.05, 4.69) is 10.6 Å². The van der Waals surface area contributed by atoms with Crippen molar-refractivity contribution < 1.29 is 23.5 Å². The molecule has 2 fully saturated rings. The molecule has 2 aromatic rings. The third kappa shape index (κ3) is 4.64. The van der Waals surface area contributed by atoms with Gasteiger partial charge < -0.3 is 9.64 Å². The van der Waals surface area contributed by atoms with Crippen molar-refractivity contribution in [2.75, 3.05) is 23.3 Å². The second kappa shape index (κ2) is 8.55.